The molecule has 2 atom stereocenters. The Labute approximate surface area is 128 Å². The number of β-amino-alcohol motifs (C(OH)–C–C–N with tert-alkyl or cyclic N) is 1. The third kappa shape index (κ3) is 3.52. The molecule has 3 rings (SSSR count). The number of piperidine rings is 1. The van der Waals surface area contributed by atoms with Gasteiger partial charge in [0.2, 0.25) is 5.95 Å². The SMILES string of the molecule is O=C(N[C@@H]1CCNC[C@H]1O)c1cnc(N2CCOCC2)nc1. The van der Waals surface area contributed by atoms with Crippen LogP contribution >= 0.6 is 0 Å². The molecule has 0 spiro atoms. The van der Waals surface area contributed by atoms with E-state index in [9.17, 15) is 9.90 Å². The van der Waals surface area contributed by atoms with Gasteiger partial charge in [0.05, 0.1) is 30.9 Å². The molecule has 3 heterocycles. The van der Waals surface area contributed by atoms with Crippen LogP contribution in [0.3, 0.4) is 0 Å². The number of nitrogens with zero attached hydrogens (tertiary/aromatic N) is 3. The number of hydrogen-bond acceptors (Lipinski definition) is 7. The van der Waals surface area contributed by atoms with E-state index in [4.69, 9.17) is 4.74 Å². The van der Waals surface area contributed by atoms with E-state index in [0.717, 1.165) is 19.6 Å². The molecule has 0 aromatic carbocycles. The monoisotopic (exact) mass is 307 g/mol. The van der Waals surface area contributed by atoms with Crippen molar-refractivity contribution in [2.24, 2.45) is 0 Å². The van der Waals surface area contributed by atoms with Gasteiger partial charge in [0.15, 0.2) is 0 Å². The largest absolute Gasteiger partial charge is 0.390 e. The van der Waals surface area contributed by atoms with E-state index >= 15 is 0 Å². The number of anilines is 1. The van der Waals surface area contributed by atoms with E-state index in [-0.39, 0.29) is 11.9 Å². The Bertz CT molecular complexity index is 504. The number of aliphatic hydroxyl groups excluding tert-OH is 1. The second kappa shape index (κ2) is 6.99. The van der Waals surface area contributed by atoms with Crippen molar-refractivity contribution in [1.82, 2.24) is 20.6 Å². The van der Waals surface area contributed by atoms with Crippen LogP contribution in [0.25, 0.3) is 0 Å². The normalized spacial score (nSPS) is 25.8. The average Bonchev–Trinajstić information content (AvgIpc) is 2.58. The summed E-state index contributed by atoms with van der Waals surface area (Å²) < 4.78 is 5.29. The Kier molecular flexibility index (Phi) is 4.81. The van der Waals surface area contributed by atoms with Gasteiger partial charge in [-0.2, -0.15) is 0 Å². The lowest BCUT2D eigenvalue weighted by Gasteiger charge is -2.29. The number of ether oxygens (including phenoxy) is 1. The summed E-state index contributed by atoms with van der Waals surface area (Å²) in [6, 6.07) is -0.229. The van der Waals surface area contributed by atoms with Crippen molar-refractivity contribution in [2.45, 2.75) is 18.6 Å². The molecule has 2 aliphatic rings. The quantitative estimate of drug-likeness (QED) is 0.643. The number of carbonyl (C=O) groups excluding carboxylic acids is 1. The first-order valence-corrected chi connectivity index (χ1v) is 7.58. The van der Waals surface area contributed by atoms with E-state index in [1.807, 2.05) is 4.90 Å². The topological polar surface area (TPSA) is 99.6 Å². The van der Waals surface area contributed by atoms with E-state index < -0.39 is 6.10 Å². The predicted octanol–water partition coefficient (Wildman–Crippen LogP) is -1.23. The lowest BCUT2D eigenvalue weighted by atomic mass is 10.0. The Morgan fingerprint density at radius 3 is 2.77 bits per heavy atom. The summed E-state index contributed by atoms with van der Waals surface area (Å²) in [5, 5.41) is 15.8. The highest BCUT2D eigenvalue weighted by atomic mass is 16.5. The minimum Gasteiger partial charge on any atom is -0.390 e. The molecule has 2 saturated heterocycles. The van der Waals surface area contributed by atoms with Crippen LogP contribution in [0.4, 0.5) is 5.95 Å². The number of carbonyl (C=O) groups is 1. The van der Waals surface area contributed by atoms with Crippen LogP contribution < -0.4 is 15.5 Å². The zero-order chi connectivity index (χ0) is 15.4. The van der Waals surface area contributed by atoms with Gasteiger partial charge in [-0.15, -0.1) is 0 Å². The van der Waals surface area contributed by atoms with E-state index in [2.05, 4.69) is 20.6 Å². The maximum Gasteiger partial charge on any atom is 0.254 e. The smallest absolute Gasteiger partial charge is 0.254 e. The molecule has 2 aliphatic heterocycles. The molecule has 120 valence electrons. The second-order valence-electron chi connectivity index (χ2n) is 5.51. The summed E-state index contributed by atoms with van der Waals surface area (Å²) in [5.41, 5.74) is 0.405. The first kappa shape index (κ1) is 15.1. The third-order valence-corrected chi connectivity index (χ3v) is 3.96. The van der Waals surface area contributed by atoms with Crippen molar-refractivity contribution in [1.29, 1.82) is 0 Å². The molecule has 0 unspecified atom stereocenters. The molecule has 0 saturated carbocycles. The van der Waals surface area contributed by atoms with Crippen LogP contribution in [-0.2, 0) is 4.74 Å². The van der Waals surface area contributed by atoms with Gasteiger partial charge in [-0.25, -0.2) is 9.97 Å². The van der Waals surface area contributed by atoms with Crippen LogP contribution in [0.15, 0.2) is 12.4 Å². The number of nitrogens with one attached hydrogen (secondary N) is 2. The van der Waals surface area contributed by atoms with Gasteiger partial charge < -0.3 is 25.4 Å². The molecule has 2 fully saturated rings. The maximum atomic E-state index is 12.2. The summed E-state index contributed by atoms with van der Waals surface area (Å²) in [4.78, 5) is 22.7. The summed E-state index contributed by atoms with van der Waals surface area (Å²) in [6.45, 7) is 4.13. The zero-order valence-corrected chi connectivity index (χ0v) is 12.4. The van der Waals surface area contributed by atoms with Crippen LogP contribution in [-0.4, -0.2) is 72.5 Å². The van der Waals surface area contributed by atoms with Crippen LogP contribution in [0.1, 0.15) is 16.8 Å². The molecule has 1 aromatic rings. The van der Waals surface area contributed by atoms with Crippen molar-refractivity contribution in [3.63, 3.8) is 0 Å². The summed E-state index contributed by atoms with van der Waals surface area (Å²) in [6.07, 6.45) is 3.20. The molecule has 0 aliphatic carbocycles. The maximum absolute atomic E-state index is 12.2. The fraction of sp³-hybridized carbons (Fsp3) is 0.643. The highest BCUT2D eigenvalue weighted by molar-refractivity contribution is 5.93. The molecule has 8 nitrogen and oxygen atoms in total. The molecular formula is C14H21N5O3. The Hall–Kier alpha value is -1.77. The Morgan fingerprint density at radius 1 is 1.36 bits per heavy atom. The lowest BCUT2D eigenvalue weighted by Crippen LogP contribution is -2.52. The molecule has 0 radical (unpaired) electrons. The van der Waals surface area contributed by atoms with Crippen LogP contribution in [0, 0.1) is 0 Å². The first-order chi connectivity index (χ1) is 10.7. The van der Waals surface area contributed by atoms with Crippen molar-refractivity contribution >= 4 is 11.9 Å². The predicted molar refractivity (Wildman–Crippen MR) is 79.8 cm³/mol. The summed E-state index contributed by atoms with van der Waals surface area (Å²) in [5.74, 6) is 0.362. The average molecular weight is 307 g/mol. The Morgan fingerprint density at radius 2 is 2.09 bits per heavy atom. The number of morpholine rings is 1. The molecule has 3 N–H and O–H groups in total. The minimum atomic E-state index is -0.564. The lowest BCUT2D eigenvalue weighted by molar-refractivity contribution is 0.0764. The standard InChI is InChI=1S/C14H21N5O3/c20-12-9-15-2-1-11(12)18-13(21)10-7-16-14(17-8-10)19-3-5-22-6-4-19/h7-8,11-12,15,20H,1-6,9H2,(H,18,21)/t11-,12-/m1/s1. The van der Waals surface area contributed by atoms with E-state index in [1.165, 1.54) is 12.4 Å². The van der Waals surface area contributed by atoms with Gasteiger partial charge in [-0.3, -0.25) is 4.79 Å². The highest BCUT2D eigenvalue weighted by Gasteiger charge is 2.25. The van der Waals surface area contributed by atoms with Gasteiger partial charge in [-0.05, 0) is 13.0 Å². The molecule has 1 aromatic heterocycles. The summed E-state index contributed by atoms with van der Waals surface area (Å²) >= 11 is 0. The second-order valence-corrected chi connectivity index (χ2v) is 5.51. The van der Waals surface area contributed by atoms with Gasteiger partial charge in [-0.1, -0.05) is 0 Å². The van der Waals surface area contributed by atoms with E-state index in [1.54, 1.807) is 0 Å². The number of amides is 1. The van der Waals surface area contributed by atoms with E-state index in [0.29, 0.717) is 37.7 Å². The number of aromatic nitrogens is 2. The van der Waals surface area contributed by atoms with Crippen molar-refractivity contribution in [2.75, 3.05) is 44.3 Å². The fourth-order valence-electron chi connectivity index (χ4n) is 2.63. The molecule has 1 amide bonds. The first-order valence-electron chi connectivity index (χ1n) is 7.58. The molecule has 22 heavy (non-hydrogen) atoms. The number of aliphatic hydroxyl groups is 1. The Balaban J connectivity index is 1.60. The highest BCUT2D eigenvalue weighted by Crippen LogP contribution is 2.10. The molecule has 8 heteroatoms. The number of rotatable bonds is 3. The molecule has 0 bridgehead atoms. The number of hydrogen-bond donors (Lipinski definition) is 3. The third-order valence-electron chi connectivity index (χ3n) is 3.96. The molecular weight excluding hydrogens is 286 g/mol. The van der Waals surface area contributed by atoms with Crippen LogP contribution in [0.2, 0.25) is 0 Å². The van der Waals surface area contributed by atoms with Crippen molar-refractivity contribution in [3.8, 4) is 0 Å². The van der Waals surface area contributed by atoms with Crippen LogP contribution in [0.5, 0.6) is 0 Å². The van der Waals surface area contributed by atoms with Crippen molar-refractivity contribution < 1.29 is 14.6 Å². The summed E-state index contributed by atoms with van der Waals surface area (Å²) in [7, 11) is 0. The van der Waals surface area contributed by atoms with Gasteiger partial charge in [0.1, 0.15) is 0 Å². The van der Waals surface area contributed by atoms with Crippen molar-refractivity contribution in [3.05, 3.63) is 18.0 Å². The zero-order valence-electron chi connectivity index (χ0n) is 12.4. The minimum absolute atomic E-state index is 0.229. The van der Waals surface area contributed by atoms with Gasteiger partial charge in [0, 0.05) is 32.0 Å². The fourth-order valence-corrected chi connectivity index (χ4v) is 2.63. The van der Waals surface area contributed by atoms with Gasteiger partial charge in [0.25, 0.3) is 5.91 Å². The van der Waals surface area contributed by atoms with Gasteiger partial charge >= 0.3 is 0 Å².